The molecule has 1 N–H and O–H groups in total. The minimum absolute atomic E-state index is 0.00111. The van der Waals surface area contributed by atoms with Crippen LogP contribution in [-0.2, 0) is 9.53 Å². The number of hydrogen-bond donors (Lipinski definition) is 1. The zero-order chi connectivity index (χ0) is 16.8. The molecule has 1 aromatic carbocycles. The molecule has 6 heteroatoms. The third-order valence-corrected chi connectivity index (χ3v) is 3.98. The summed E-state index contributed by atoms with van der Waals surface area (Å²) in [5.74, 6) is 0.591. The Balaban J connectivity index is 1.74. The second-order valence-corrected chi connectivity index (χ2v) is 5.86. The Morgan fingerprint density at radius 3 is 2.57 bits per heavy atom. The third kappa shape index (κ3) is 4.87. The van der Waals surface area contributed by atoms with Gasteiger partial charge in [-0.15, -0.1) is 0 Å². The number of carbonyl (C=O) groups excluding carboxylic acids is 2. The van der Waals surface area contributed by atoms with Crippen molar-refractivity contribution in [3.63, 3.8) is 0 Å². The second-order valence-electron chi connectivity index (χ2n) is 5.86. The lowest BCUT2D eigenvalue weighted by atomic mass is 10.1. The topological polar surface area (TPSA) is 67.9 Å². The van der Waals surface area contributed by atoms with Crippen molar-refractivity contribution in [3.05, 3.63) is 29.3 Å². The van der Waals surface area contributed by atoms with Crippen LogP contribution in [0.4, 0.5) is 4.79 Å². The van der Waals surface area contributed by atoms with Crippen molar-refractivity contribution in [2.75, 3.05) is 26.8 Å². The van der Waals surface area contributed by atoms with Crippen LogP contribution in [0.3, 0.4) is 0 Å². The molecule has 1 heterocycles. The predicted octanol–water partition coefficient (Wildman–Crippen LogP) is 2.03. The molecule has 0 saturated carbocycles. The van der Waals surface area contributed by atoms with Gasteiger partial charge in [0.05, 0.1) is 7.11 Å². The fourth-order valence-corrected chi connectivity index (χ4v) is 2.71. The third-order valence-electron chi connectivity index (χ3n) is 3.98. The van der Waals surface area contributed by atoms with Crippen LogP contribution in [0, 0.1) is 13.8 Å². The highest BCUT2D eigenvalue weighted by Gasteiger charge is 2.24. The first kappa shape index (κ1) is 17.1. The Labute approximate surface area is 136 Å². The van der Waals surface area contributed by atoms with Crippen LogP contribution in [0.25, 0.3) is 0 Å². The molecular formula is C17H24N2O4. The molecule has 2 rings (SSSR count). The van der Waals surface area contributed by atoms with Crippen molar-refractivity contribution in [3.8, 4) is 5.75 Å². The molecule has 0 aliphatic carbocycles. The summed E-state index contributed by atoms with van der Waals surface area (Å²) in [6, 6.07) is 5.94. The van der Waals surface area contributed by atoms with Gasteiger partial charge < -0.3 is 19.7 Å². The van der Waals surface area contributed by atoms with Gasteiger partial charge in [-0.25, -0.2) is 4.79 Å². The number of rotatable bonds is 4. The SMILES string of the molecule is COC(=O)N1CCC(NC(=O)COc2ccc(C)cc2C)CC1. The molecule has 0 radical (unpaired) electrons. The quantitative estimate of drug-likeness (QED) is 0.922. The minimum atomic E-state index is -0.312. The maximum atomic E-state index is 12.0. The molecule has 1 aliphatic heterocycles. The van der Waals surface area contributed by atoms with E-state index < -0.39 is 0 Å². The van der Waals surface area contributed by atoms with Crippen LogP contribution in [0.1, 0.15) is 24.0 Å². The van der Waals surface area contributed by atoms with Crippen molar-refractivity contribution < 1.29 is 19.1 Å². The summed E-state index contributed by atoms with van der Waals surface area (Å²) in [5, 5.41) is 2.95. The molecule has 0 unspecified atom stereocenters. The van der Waals surface area contributed by atoms with E-state index in [2.05, 4.69) is 5.32 Å². The number of benzene rings is 1. The molecule has 0 aromatic heterocycles. The number of methoxy groups -OCH3 is 1. The first-order valence-corrected chi connectivity index (χ1v) is 7.82. The van der Waals surface area contributed by atoms with Crippen molar-refractivity contribution in [1.29, 1.82) is 0 Å². The van der Waals surface area contributed by atoms with Gasteiger partial charge in [0.15, 0.2) is 6.61 Å². The van der Waals surface area contributed by atoms with Crippen LogP contribution < -0.4 is 10.1 Å². The lowest BCUT2D eigenvalue weighted by Crippen LogP contribution is -2.47. The van der Waals surface area contributed by atoms with Crippen molar-refractivity contribution in [2.24, 2.45) is 0 Å². The number of hydrogen-bond acceptors (Lipinski definition) is 4. The smallest absolute Gasteiger partial charge is 0.409 e. The van der Waals surface area contributed by atoms with Gasteiger partial charge >= 0.3 is 6.09 Å². The fraction of sp³-hybridized carbons (Fsp3) is 0.529. The van der Waals surface area contributed by atoms with Gasteiger partial charge in [-0.05, 0) is 38.3 Å². The number of ether oxygens (including phenoxy) is 2. The maximum absolute atomic E-state index is 12.0. The molecule has 1 fully saturated rings. The molecule has 126 valence electrons. The Kier molecular flexibility index (Phi) is 5.84. The van der Waals surface area contributed by atoms with Crippen LogP contribution in [0.5, 0.6) is 5.75 Å². The summed E-state index contributed by atoms with van der Waals surface area (Å²) in [4.78, 5) is 25.0. The largest absolute Gasteiger partial charge is 0.484 e. The number of piperidine rings is 1. The molecule has 1 aromatic rings. The monoisotopic (exact) mass is 320 g/mol. The molecule has 0 atom stereocenters. The van der Waals surface area contributed by atoms with Gasteiger partial charge in [0.2, 0.25) is 0 Å². The lowest BCUT2D eigenvalue weighted by molar-refractivity contribution is -0.124. The fourth-order valence-electron chi connectivity index (χ4n) is 2.71. The summed E-state index contributed by atoms with van der Waals surface area (Å²) < 4.78 is 10.3. The zero-order valence-corrected chi connectivity index (χ0v) is 13.9. The van der Waals surface area contributed by atoms with E-state index >= 15 is 0 Å². The predicted molar refractivity (Wildman–Crippen MR) is 86.6 cm³/mol. The Morgan fingerprint density at radius 2 is 1.96 bits per heavy atom. The van der Waals surface area contributed by atoms with Crippen LogP contribution >= 0.6 is 0 Å². The number of aryl methyl sites for hydroxylation is 2. The number of likely N-dealkylation sites (tertiary alicyclic amines) is 1. The van der Waals surface area contributed by atoms with Crippen molar-refractivity contribution in [1.82, 2.24) is 10.2 Å². The van der Waals surface area contributed by atoms with Gasteiger partial charge in [0.1, 0.15) is 5.75 Å². The standard InChI is InChI=1S/C17H24N2O4/c1-12-4-5-15(13(2)10-12)23-11-16(20)18-14-6-8-19(9-7-14)17(21)22-3/h4-5,10,14H,6-9,11H2,1-3H3,(H,18,20). The summed E-state index contributed by atoms with van der Waals surface area (Å²) in [7, 11) is 1.38. The molecule has 0 spiro atoms. The minimum Gasteiger partial charge on any atom is -0.484 e. The Hall–Kier alpha value is -2.24. The van der Waals surface area contributed by atoms with Crippen LogP contribution in [0.15, 0.2) is 18.2 Å². The zero-order valence-electron chi connectivity index (χ0n) is 13.9. The van der Waals surface area contributed by atoms with Crippen LogP contribution in [-0.4, -0.2) is 49.7 Å². The maximum Gasteiger partial charge on any atom is 0.409 e. The van der Waals surface area contributed by atoms with Crippen LogP contribution in [0.2, 0.25) is 0 Å². The van der Waals surface area contributed by atoms with Crippen molar-refractivity contribution >= 4 is 12.0 Å². The summed E-state index contributed by atoms with van der Waals surface area (Å²) in [5.41, 5.74) is 2.18. The molecule has 0 bridgehead atoms. The average molecular weight is 320 g/mol. The van der Waals surface area contributed by atoms with Crippen molar-refractivity contribution in [2.45, 2.75) is 32.7 Å². The molecular weight excluding hydrogens is 296 g/mol. The lowest BCUT2D eigenvalue weighted by Gasteiger charge is -2.31. The highest BCUT2D eigenvalue weighted by molar-refractivity contribution is 5.78. The van der Waals surface area contributed by atoms with E-state index in [0.29, 0.717) is 13.1 Å². The van der Waals surface area contributed by atoms with Gasteiger partial charge in [0, 0.05) is 19.1 Å². The van der Waals surface area contributed by atoms with Gasteiger partial charge in [-0.2, -0.15) is 0 Å². The number of amides is 2. The van der Waals surface area contributed by atoms with Gasteiger partial charge in [0.25, 0.3) is 5.91 Å². The van der Waals surface area contributed by atoms with E-state index in [4.69, 9.17) is 9.47 Å². The number of nitrogens with one attached hydrogen (secondary N) is 1. The molecule has 6 nitrogen and oxygen atoms in total. The Bertz CT molecular complexity index is 566. The summed E-state index contributed by atoms with van der Waals surface area (Å²) in [6.45, 7) is 5.17. The Morgan fingerprint density at radius 1 is 1.26 bits per heavy atom. The van der Waals surface area contributed by atoms with E-state index in [0.717, 1.165) is 29.7 Å². The second kappa shape index (κ2) is 7.85. The number of nitrogens with zero attached hydrogens (tertiary/aromatic N) is 1. The highest BCUT2D eigenvalue weighted by Crippen LogP contribution is 2.18. The highest BCUT2D eigenvalue weighted by atomic mass is 16.5. The molecule has 1 saturated heterocycles. The molecule has 1 aliphatic rings. The summed E-state index contributed by atoms with van der Waals surface area (Å²) in [6.07, 6.45) is 1.14. The molecule has 2 amide bonds. The van der Waals surface area contributed by atoms with Gasteiger partial charge in [-0.1, -0.05) is 17.7 Å². The van der Waals surface area contributed by atoms with E-state index in [1.165, 1.54) is 7.11 Å². The first-order valence-electron chi connectivity index (χ1n) is 7.82. The molecule has 23 heavy (non-hydrogen) atoms. The first-order chi connectivity index (χ1) is 11.0. The number of carbonyl (C=O) groups is 2. The van der Waals surface area contributed by atoms with E-state index in [9.17, 15) is 9.59 Å². The van der Waals surface area contributed by atoms with E-state index in [-0.39, 0.29) is 24.6 Å². The normalized spacial score (nSPS) is 15.2. The van der Waals surface area contributed by atoms with E-state index in [1.807, 2.05) is 32.0 Å². The average Bonchev–Trinajstić information content (AvgIpc) is 2.54. The summed E-state index contributed by atoms with van der Waals surface area (Å²) >= 11 is 0. The van der Waals surface area contributed by atoms with Gasteiger partial charge in [-0.3, -0.25) is 4.79 Å². The van der Waals surface area contributed by atoms with E-state index in [1.54, 1.807) is 4.90 Å².